The fraction of sp³-hybridized carbons (Fsp3) is 0.455. The summed E-state index contributed by atoms with van der Waals surface area (Å²) >= 11 is 0. The zero-order chi connectivity index (χ0) is 9.68. The van der Waals surface area contributed by atoms with E-state index in [0.717, 1.165) is 12.1 Å². The summed E-state index contributed by atoms with van der Waals surface area (Å²) in [6.07, 6.45) is 6.45. The highest BCUT2D eigenvalue weighted by molar-refractivity contribution is 5.34. The van der Waals surface area contributed by atoms with Gasteiger partial charge in [-0.3, -0.25) is 0 Å². The smallest absolute Gasteiger partial charge is 0.113 e. The van der Waals surface area contributed by atoms with E-state index >= 15 is 0 Å². The van der Waals surface area contributed by atoms with Gasteiger partial charge in [0.15, 0.2) is 0 Å². The monoisotopic (exact) mass is 179 g/mol. The van der Waals surface area contributed by atoms with Crippen molar-refractivity contribution in [2.45, 2.75) is 19.4 Å². The third-order valence-corrected chi connectivity index (χ3v) is 2.02. The summed E-state index contributed by atoms with van der Waals surface area (Å²) in [5.74, 6) is 5.98. The maximum Gasteiger partial charge on any atom is 0.113 e. The van der Waals surface area contributed by atoms with Crippen LogP contribution in [0.3, 0.4) is 0 Å². The van der Waals surface area contributed by atoms with Gasteiger partial charge in [-0.1, -0.05) is 25.0 Å². The summed E-state index contributed by atoms with van der Waals surface area (Å²) in [6, 6.07) is -0.147. The zero-order valence-corrected chi connectivity index (χ0v) is 8.05. The van der Waals surface area contributed by atoms with E-state index in [9.17, 15) is 4.39 Å². The van der Waals surface area contributed by atoms with Gasteiger partial charge >= 0.3 is 0 Å². The topological polar surface area (TPSA) is 3.24 Å². The number of halogens is 1. The van der Waals surface area contributed by atoms with Crippen molar-refractivity contribution < 1.29 is 4.39 Å². The molecule has 0 aromatic rings. The Morgan fingerprint density at radius 2 is 2.38 bits per heavy atom. The maximum absolute atomic E-state index is 12.5. The Bertz CT molecular complexity index is 280. The molecule has 0 aliphatic carbocycles. The molecule has 1 atom stereocenters. The Morgan fingerprint density at radius 3 is 3.00 bits per heavy atom. The van der Waals surface area contributed by atoms with Crippen LogP contribution in [-0.4, -0.2) is 24.7 Å². The first-order valence-corrected chi connectivity index (χ1v) is 4.45. The van der Waals surface area contributed by atoms with Crippen molar-refractivity contribution in [2.24, 2.45) is 0 Å². The van der Waals surface area contributed by atoms with Crippen molar-refractivity contribution in [1.82, 2.24) is 4.90 Å². The van der Waals surface area contributed by atoms with Gasteiger partial charge in [-0.05, 0) is 12.0 Å². The average Bonchev–Trinajstić information content (AvgIpc) is 2.16. The van der Waals surface area contributed by atoms with Gasteiger partial charge in [-0.2, -0.15) is 0 Å². The fourth-order valence-corrected chi connectivity index (χ4v) is 1.16. The van der Waals surface area contributed by atoms with Gasteiger partial charge in [0.05, 0.1) is 11.7 Å². The molecule has 13 heavy (non-hydrogen) atoms. The van der Waals surface area contributed by atoms with Gasteiger partial charge in [0, 0.05) is 13.5 Å². The van der Waals surface area contributed by atoms with E-state index in [-0.39, 0.29) is 12.7 Å². The molecule has 0 aromatic heterocycles. The molecule has 1 aliphatic rings. The van der Waals surface area contributed by atoms with Gasteiger partial charge in [-0.25, -0.2) is 4.39 Å². The maximum atomic E-state index is 12.5. The summed E-state index contributed by atoms with van der Waals surface area (Å²) in [5, 5.41) is 0. The Kier molecular flexibility index (Phi) is 3.57. The molecule has 0 N–H and O–H groups in total. The number of hydrogen-bond acceptors (Lipinski definition) is 1. The molecule has 2 heteroatoms. The molecule has 0 bridgehead atoms. The molecule has 1 rings (SSSR count). The van der Waals surface area contributed by atoms with Crippen LogP contribution in [0.2, 0.25) is 0 Å². The van der Waals surface area contributed by atoms with E-state index in [4.69, 9.17) is 0 Å². The van der Waals surface area contributed by atoms with Gasteiger partial charge in [0.25, 0.3) is 0 Å². The molecule has 1 unspecified atom stereocenters. The second-order valence-electron chi connectivity index (χ2n) is 2.92. The van der Waals surface area contributed by atoms with E-state index in [1.807, 2.05) is 37.1 Å². The zero-order valence-electron chi connectivity index (χ0n) is 8.05. The quantitative estimate of drug-likeness (QED) is 0.557. The summed E-state index contributed by atoms with van der Waals surface area (Å²) in [7, 11) is 1.86. The second-order valence-corrected chi connectivity index (χ2v) is 2.92. The van der Waals surface area contributed by atoms with Crippen molar-refractivity contribution in [2.75, 3.05) is 13.7 Å². The molecule has 0 saturated carbocycles. The van der Waals surface area contributed by atoms with Crippen LogP contribution in [0.15, 0.2) is 23.9 Å². The third kappa shape index (κ3) is 2.35. The SMILES string of the molecule is CCC#CC1=CC=CC(CF)N1C. The normalized spacial score (nSPS) is 20.7. The third-order valence-electron chi connectivity index (χ3n) is 2.02. The number of allylic oxidation sites excluding steroid dienone is 3. The molecule has 0 fully saturated rings. The summed E-state index contributed by atoms with van der Waals surface area (Å²) in [5.41, 5.74) is 0.895. The Hall–Kier alpha value is -1.23. The van der Waals surface area contributed by atoms with Crippen molar-refractivity contribution in [3.8, 4) is 11.8 Å². The largest absolute Gasteiger partial charge is 0.359 e. The minimum absolute atomic E-state index is 0.147. The first kappa shape index (κ1) is 9.85. The molecule has 70 valence electrons. The fourth-order valence-electron chi connectivity index (χ4n) is 1.16. The minimum atomic E-state index is -0.363. The van der Waals surface area contributed by atoms with Crippen LogP contribution in [-0.2, 0) is 0 Å². The lowest BCUT2D eigenvalue weighted by Crippen LogP contribution is -2.32. The van der Waals surface area contributed by atoms with E-state index in [1.54, 1.807) is 0 Å². The first-order valence-electron chi connectivity index (χ1n) is 4.45. The Balaban J connectivity index is 2.75. The van der Waals surface area contributed by atoms with Crippen LogP contribution >= 0.6 is 0 Å². The van der Waals surface area contributed by atoms with Crippen LogP contribution in [0.25, 0.3) is 0 Å². The van der Waals surface area contributed by atoms with Gasteiger partial charge in [-0.15, -0.1) is 0 Å². The van der Waals surface area contributed by atoms with Crippen molar-refractivity contribution in [1.29, 1.82) is 0 Å². The molecule has 1 heterocycles. The summed E-state index contributed by atoms with van der Waals surface area (Å²) < 4.78 is 12.5. The van der Waals surface area contributed by atoms with Crippen molar-refractivity contribution in [3.63, 3.8) is 0 Å². The highest BCUT2D eigenvalue weighted by Crippen LogP contribution is 2.13. The van der Waals surface area contributed by atoms with Crippen LogP contribution < -0.4 is 0 Å². The molecular formula is C11H14FN. The van der Waals surface area contributed by atoms with E-state index in [2.05, 4.69) is 11.8 Å². The summed E-state index contributed by atoms with van der Waals surface area (Å²) in [4.78, 5) is 1.86. The lowest BCUT2D eigenvalue weighted by atomic mass is 10.1. The van der Waals surface area contributed by atoms with Gasteiger partial charge < -0.3 is 4.90 Å². The standard InChI is InChI=1S/C11H14FN/c1-3-4-6-10-7-5-8-11(9-12)13(10)2/h5,7-8,11H,3,9H2,1-2H3. The Morgan fingerprint density at radius 1 is 1.62 bits per heavy atom. The molecule has 0 radical (unpaired) electrons. The second kappa shape index (κ2) is 4.71. The van der Waals surface area contributed by atoms with Crippen molar-refractivity contribution in [3.05, 3.63) is 23.9 Å². The lowest BCUT2D eigenvalue weighted by Gasteiger charge is -2.27. The predicted molar refractivity (Wildman–Crippen MR) is 52.8 cm³/mol. The number of alkyl halides is 1. The highest BCUT2D eigenvalue weighted by atomic mass is 19.1. The molecule has 0 aromatic carbocycles. The average molecular weight is 179 g/mol. The number of nitrogens with zero attached hydrogens (tertiary/aromatic N) is 1. The molecular weight excluding hydrogens is 165 g/mol. The van der Waals surface area contributed by atoms with Crippen molar-refractivity contribution >= 4 is 0 Å². The molecule has 0 amide bonds. The van der Waals surface area contributed by atoms with Gasteiger partial charge in [0.2, 0.25) is 0 Å². The van der Waals surface area contributed by atoms with Crippen LogP contribution in [0.1, 0.15) is 13.3 Å². The van der Waals surface area contributed by atoms with E-state index in [0.29, 0.717) is 0 Å². The minimum Gasteiger partial charge on any atom is -0.359 e. The van der Waals surface area contributed by atoms with E-state index < -0.39 is 0 Å². The molecule has 0 spiro atoms. The number of rotatable bonds is 1. The first-order chi connectivity index (χ1) is 6.29. The number of hydrogen-bond donors (Lipinski definition) is 0. The highest BCUT2D eigenvalue weighted by Gasteiger charge is 2.14. The Labute approximate surface area is 78.9 Å². The molecule has 1 nitrogen and oxygen atoms in total. The lowest BCUT2D eigenvalue weighted by molar-refractivity contribution is 0.293. The van der Waals surface area contributed by atoms with Crippen LogP contribution in [0.5, 0.6) is 0 Å². The van der Waals surface area contributed by atoms with Gasteiger partial charge in [0.1, 0.15) is 6.67 Å². The van der Waals surface area contributed by atoms with Crippen LogP contribution in [0.4, 0.5) is 4.39 Å². The number of likely N-dealkylation sites (N-methyl/N-ethyl adjacent to an activating group) is 1. The van der Waals surface area contributed by atoms with Crippen LogP contribution in [0, 0.1) is 11.8 Å². The molecule has 1 aliphatic heterocycles. The predicted octanol–water partition coefficient (Wildman–Crippen LogP) is 2.12. The molecule has 0 saturated heterocycles. The van der Waals surface area contributed by atoms with E-state index in [1.165, 1.54) is 0 Å². The summed E-state index contributed by atoms with van der Waals surface area (Å²) in [6.45, 7) is 1.64.